The number of hydrogen-bond acceptors (Lipinski definition) is 4. The van der Waals surface area contributed by atoms with Crippen LogP contribution in [0.25, 0.3) is 5.69 Å². The fraction of sp³-hybridized carbons (Fsp3) is 0.167. The highest BCUT2D eigenvalue weighted by molar-refractivity contribution is 5.99. The molecule has 128 valence electrons. The smallest absolute Gasteiger partial charge is 0.273 e. The average molecular weight is 338 g/mol. The number of furan rings is 1. The molecule has 0 aliphatic carbocycles. The van der Waals surface area contributed by atoms with Crippen molar-refractivity contribution in [2.75, 3.05) is 0 Å². The number of hydrazine groups is 1. The summed E-state index contributed by atoms with van der Waals surface area (Å²) in [5.41, 5.74) is 7.45. The van der Waals surface area contributed by atoms with Gasteiger partial charge in [-0.2, -0.15) is 5.10 Å². The van der Waals surface area contributed by atoms with Crippen LogP contribution in [-0.2, 0) is 0 Å². The third-order valence-electron chi connectivity index (χ3n) is 3.78. The molecular formula is C18H18N4O3. The summed E-state index contributed by atoms with van der Waals surface area (Å²) in [7, 11) is 0. The molecule has 7 nitrogen and oxygen atoms in total. The summed E-state index contributed by atoms with van der Waals surface area (Å²) in [4.78, 5) is 24.2. The van der Waals surface area contributed by atoms with Crippen molar-refractivity contribution in [2.45, 2.75) is 20.8 Å². The second kappa shape index (κ2) is 6.64. The van der Waals surface area contributed by atoms with Gasteiger partial charge < -0.3 is 4.42 Å². The third-order valence-corrected chi connectivity index (χ3v) is 3.78. The quantitative estimate of drug-likeness (QED) is 0.718. The zero-order valence-electron chi connectivity index (χ0n) is 14.2. The van der Waals surface area contributed by atoms with E-state index in [1.54, 1.807) is 55.1 Å². The maximum Gasteiger partial charge on any atom is 0.273 e. The molecule has 0 aliphatic rings. The van der Waals surface area contributed by atoms with Crippen molar-refractivity contribution in [3.63, 3.8) is 0 Å². The summed E-state index contributed by atoms with van der Waals surface area (Å²) < 4.78 is 7.07. The van der Waals surface area contributed by atoms with E-state index in [-0.39, 0.29) is 0 Å². The largest absolute Gasteiger partial charge is 0.466 e. The van der Waals surface area contributed by atoms with Crippen LogP contribution in [0.4, 0.5) is 0 Å². The van der Waals surface area contributed by atoms with Gasteiger partial charge in [0, 0.05) is 17.5 Å². The Labute approximate surface area is 144 Å². The van der Waals surface area contributed by atoms with Gasteiger partial charge in [0.05, 0.1) is 11.3 Å². The molecule has 2 heterocycles. The van der Waals surface area contributed by atoms with Gasteiger partial charge in [-0.1, -0.05) is 0 Å². The predicted molar refractivity (Wildman–Crippen MR) is 91.4 cm³/mol. The second-order valence-corrected chi connectivity index (χ2v) is 5.67. The summed E-state index contributed by atoms with van der Waals surface area (Å²) in [6, 6.07) is 10.4. The molecule has 0 spiro atoms. The van der Waals surface area contributed by atoms with E-state index in [2.05, 4.69) is 16.0 Å². The maximum absolute atomic E-state index is 12.2. The Hall–Kier alpha value is -3.35. The number of amides is 2. The van der Waals surface area contributed by atoms with Gasteiger partial charge in [0.1, 0.15) is 11.5 Å². The second-order valence-electron chi connectivity index (χ2n) is 5.67. The van der Waals surface area contributed by atoms with E-state index in [9.17, 15) is 9.59 Å². The monoisotopic (exact) mass is 338 g/mol. The highest BCUT2D eigenvalue weighted by atomic mass is 16.3. The number of nitrogens with one attached hydrogen (secondary N) is 2. The summed E-state index contributed by atoms with van der Waals surface area (Å²) >= 11 is 0. The number of nitrogens with zero attached hydrogens (tertiary/aromatic N) is 2. The summed E-state index contributed by atoms with van der Waals surface area (Å²) in [5, 5.41) is 4.21. The first-order valence-electron chi connectivity index (χ1n) is 7.74. The van der Waals surface area contributed by atoms with E-state index >= 15 is 0 Å². The highest BCUT2D eigenvalue weighted by Crippen LogP contribution is 2.13. The minimum Gasteiger partial charge on any atom is -0.466 e. The molecule has 0 saturated carbocycles. The zero-order valence-corrected chi connectivity index (χ0v) is 14.2. The average Bonchev–Trinajstić information content (AvgIpc) is 3.17. The summed E-state index contributed by atoms with van der Waals surface area (Å²) in [6.45, 7) is 5.40. The Balaban J connectivity index is 1.64. The molecular weight excluding hydrogens is 320 g/mol. The van der Waals surface area contributed by atoms with Crippen LogP contribution in [0.2, 0.25) is 0 Å². The third kappa shape index (κ3) is 3.45. The minimum atomic E-state index is -0.425. The highest BCUT2D eigenvalue weighted by Gasteiger charge is 2.14. The van der Waals surface area contributed by atoms with Gasteiger partial charge in [-0.05, 0) is 57.2 Å². The first kappa shape index (κ1) is 16.5. The van der Waals surface area contributed by atoms with Gasteiger partial charge in [0.2, 0.25) is 0 Å². The lowest BCUT2D eigenvalue weighted by molar-refractivity contribution is 0.0845. The molecule has 25 heavy (non-hydrogen) atoms. The predicted octanol–water partition coefficient (Wildman–Crippen LogP) is 2.47. The SMILES string of the molecule is Cc1cc(C(=O)NNC(=O)c2ccc(-n3nccc3C)cc2)c(C)o1. The topological polar surface area (TPSA) is 89.2 Å². The Morgan fingerprint density at radius 3 is 2.24 bits per heavy atom. The summed E-state index contributed by atoms with van der Waals surface area (Å²) in [5.74, 6) is 0.308. The van der Waals surface area contributed by atoms with E-state index < -0.39 is 11.8 Å². The number of benzene rings is 1. The standard InChI is InChI=1S/C18H18N4O3/c1-11-8-9-19-22(11)15-6-4-14(5-7-15)17(23)20-21-18(24)16-10-12(2)25-13(16)3/h4-10H,1-3H3,(H,20,23)(H,21,24). The van der Waals surface area contributed by atoms with Crippen molar-refractivity contribution in [1.29, 1.82) is 0 Å². The normalized spacial score (nSPS) is 10.5. The van der Waals surface area contributed by atoms with Crippen LogP contribution in [-0.4, -0.2) is 21.6 Å². The lowest BCUT2D eigenvalue weighted by Gasteiger charge is -2.08. The van der Waals surface area contributed by atoms with Crippen LogP contribution >= 0.6 is 0 Å². The van der Waals surface area contributed by atoms with Crippen LogP contribution in [0.15, 0.2) is 47.0 Å². The number of hydrogen-bond donors (Lipinski definition) is 2. The van der Waals surface area contributed by atoms with Gasteiger partial charge in [-0.25, -0.2) is 4.68 Å². The van der Waals surface area contributed by atoms with E-state index in [0.717, 1.165) is 11.4 Å². The van der Waals surface area contributed by atoms with Gasteiger partial charge in [-0.15, -0.1) is 0 Å². The van der Waals surface area contributed by atoms with Crippen molar-refractivity contribution in [3.05, 3.63) is 70.9 Å². The molecule has 0 aliphatic heterocycles. The fourth-order valence-corrected chi connectivity index (χ4v) is 2.50. The molecule has 0 radical (unpaired) electrons. The summed E-state index contributed by atoms with van der Waals surface area (Å²) in [6.07, 6.45) is 1.71. The number of aromatic nitrogens is 2. The fourth-order valence-electron chi connectivity index (χ4n) is 2.50. The maximum atomic E-state index is 12.2. The molecule has 2 aromatic heterocycles. The van der Waals surface area contributed by atoms with Gasteiger partial charge in [0.15, 0.2) is 0 Å². The van der Waals surface area contributed by atoms with E-state index in [0.29, 0.717) is 22.6 Å². The van der Waals surface area contributed by atoms with Crippen molar-refractivity contribution in [2.24, 2.45) is 0 Å². The van der Waals surface area contributed by atoms with E-state index in [4.69, 9.17) is 4.42 Å². The van der Waals surface area contributed by atoms with Crippen molar-refractivity contribution in [1.82, 2.24) is 20.6 Å². The van der Waals surface area contributed by atoms with E-state index in [1.807, 2.05) is 13.0 Å². The Morgan fingerprint density at radius 1 is 1.00 bits per heavy atom. The van der Waals surface area contributed by atoms with Gasteiger partial charge in [-0.3, -0.25) is 20.4 Å². The lowest BCUT2D eigenvalue weighted by Crippen LogP contribution is -2.41. The lowest BCUT2D eigenvalue weighted by atomic mass is 10.2. The van der Waals surface area contributed by atoms with Crippen LogP contribution in [0, 0.1) is 20.8 Å². The number of aryl methyl sites for hydroxylation is 3. The molecule has 3 aromatic rings. The van der Waals surface area contributed by atoms with Crippen molar-refractivity contribution in [3.8, 4) is 5.69 Å². The van der Waals surface area contributed by atoms with E-state index in [1.165, 1.54) is 0 Å². The van der Waals surface area contributed by atoms with Crippen LogP contribution in [0.5, 0.6) is 0 Å². The molecule has 0 fully saturated rings. The molecule has 0 atom stereocenters. The molecule has 7 heteroatoms. The van der Waals surface area contributed by atoms with Crippen LogP contribution in [0.3, 0.4) is 0 Å². The molecule has 2 N–H and O–H groups in total. The Kier molecular flexibility index (Phi) is 4.38. The minimum absolute atomic E-state index is 0.391. The molecule has 2 amide bonds. The molecule has 1 aromatic carbocycles. The van der Waals surface area contributed by atoms with Gasteiger partial charge >= 0.3 is 0 Å². The zero-order chi connectivity index (χ0) is 18.0. The number of carbonyl (C=O) groups excluding carboxylic acids is 2. The Morgan fingerprint density at radius 2 is 1.68 bits per heavy atom. The number of rotatable bonds is 3. The number of carbonyl (C=O) groups is 2. The van der Waals surface area contributed by atoms with Gasteiger partial charge in [0.25, 0.3) is 11.8 Å². The molecule has 0 saturated heterocycles. The molecule has 0 unspecified atom stereocenters. The van der Waals surface area contributed by atoms with Crippen LogP contribution < -0.4 is 10.9 Å². The van der Waals surface area contributed by atoms with Crippen LogP contribution in [0.1, 0.15) is 37.9 Å². The first-order chi connectivity index (χ1) is 12.0. The first-order valence-corrected chi connectivity index (χ1v) is 7.74. The van der Waals surface area contributed by atoms with Crippen molar-refractivity contribution < 1.29 is 14.0 Å². The molecule has 3 rings (SSSR count). The van der Waals surface area contributed by atoms with Crippen molar-refractivity contribution >= 4 is 11.8 Å². The molecule has 0 bridgehead atoms. The Bertz CT molecular complexity index is 922.